The average molecular weight is 436 g/mol. The summed E-state index contributed by atoms with van der Waals surface area (Å²) in [4.78, 5) is -0.246. The summed E-state index contributed by atoms with van der Waals surface area (Å²) in [7, 11) is -4.45. The molecule has 0 saturated heterocycles. The minimum Gasteiger partial charge on any atom is -0.305 e. The first-order valence-corrected chi connectivity index (χ1v) is 9.76. The van der Waals surface area contributed by atoms with E-state index in [0.717, 1.165) is 4.47 Å². The minimum absolute atomic E-state index is 0.139. The fourth-order valence-electron chi connectivity index (χ4n) is 2.61. The SMILES string of the molecule is NN=Nc1c(N=Nc2ccc(Br)cc2)cc(S(=O)(=O)O)c2c1=CCCC=2. The first-order chi connectivity index (χ1) is 12.4. The van der Waals surface area contributed by atoms with Crippen LogP contribution in [0.15, 0.2) is 60.3 Å². The predicted molar refractivity (Wildman–Crippen MR) is 101 cm³/mol. The summed E-state index contributed by atoms with van der Waals surface area (Å²) in [6, 6.07) is 8.29. The second-order valence-electron chi connectivity index (χ2n) is 5.42. The quantitative estimate of drug-likeness (QED) is 0.329. The van der Waals surface area contributed by atoms with Crippen LogP contribution in [0.1, 0.15) is 12.8 Å². The number of hydrogen-bond acceptors (Lipinski definition) is 6. The van der Waals surface area contributed by atoms with Gasteiger partial charge in [-0.15, -0.1) is 10.2 Å². The average Bonchev–Trinajstić information content (AvgIpc) is 2.61. The molecule has 0 saturated carbocycles. The molecular weight excluding hydrogens is 422 g/mol. The van der Waals surface area contributed by atoms with Crippen molar-refractivity contribution in [2.24, 2.45) is 26.4 Å². The van der Waals surface area contributed by atoms with Crippen LogP contribution in [0, 0.1) is 0 Å². The van der Waals surface area contributed by atoms with Gasteiger partial charge < -0.3 is 5.84 Å². The molecule has 3 rings (SSSR count). The fraction of sp³-hybridized carbons (Fsp3) is 0.125. The summed E-state index contributed by atoms with van der Waals surface area (Å²) in [5, 5.41) is 16.2. The zero-order valence-electron chi connectivity index (χ0n) is 13.4. The zero-order chi connectivity index (χ0) is 18.7. The second-order valence-corrected chi connectivity index (χ2v) is 7.73. The van der Waals surface area contributed by atoms with Crippen LogP contribution in [-0.2, 0) is 10.1 Å². The van der Waals surface area contributed by atoms with Crippen molar-refractivity contribution in [3.05, 3.63) is 45.2 Å². The Bertz CT molecular complexity index is 1130. The maximum atomic E-state index is 11.8. The second kappa shape index (κ2) is 7.44. The molecular formula is C16H14BrN5O3S. The number of azo groups is 1. The van der Waals surface area contributed by atoms with Gasteiger partial charge >= 0.3 is 0 Å². The highest BCUT2D eigenvalue weighted by molar-refractivity contribution is 9.10. The fourth-order valence-corrected chi connectivity index (χ4v) is 3.61. The van der Waals surface area contributed by atoms with Gasteiger partial charge in [0, 0.05) is 14.9 Å². The predicted octanol–water partition coefficient (Wildman–Crippen LogP) is 3.42. The van der Waals surface area contributed by atoms with E-state index in [-0.39, 0.29) is 10.6 Å². The molecule has 0 radical (unpaired) electrons. The molecule has 2 aromatic carbocycles. The molecule has 0 heterocycles. The third-order valence-electron chi connectivity index (χ3n) is 3.72. The van der Waals surface area contributed by atoms with Gasteiger partial charge in [0.1, 0.15) is 16.3 Å². The molecule has 26 heavy (non-hydrogen) atoms. The third-order valence-corrected chi connectivity index (χ3v) is 5.14. The molecule has 1 aliphatic rings. The topological polar surface area (TPSA) is 130 Å². The Morgan fingerprint density at radius 3 is 2.27 bits per heavy atom. The van der Waals surface area contributed by atoms with Gasteiger partial charge in [0.2, 0.25) is 0 Å². The van der Waals surface area contributed by atoms with Gasteiger partial charge in [-0.25, -0.2) is 0 Å². The third kappa shape index (κ3) is 3.87. The summed E-state index contributed by atoms with van der Waals surface area (Å²) >= 11 is 3.33. The number of nitrogens with zero attached hydrogens (tertiary/aromatic N) is 4. The van der Waals surface area contributed by atoms with Crippen LogP contribution in [0.3, 0.4) is 0 Å². The monoisotopic (exact) mass is 435 g/mol. The van der Waals surface area contributed by atoms with E-state index in [9.17, 15) is 13.0 Å². The maximum Gasteiger partial charge on any atom is 0.295 e. The Morgan fingerprint density at radius 2 is 1.65 bits per heavy atom. The van der Waals surface area contributed by atoms with Crippen molar-refractivity contribution >= 4 is 55.3 Å². The first kappa shape index (κ1) is 18.4. The van der Waals surface area contributed by atoms with Crippen molar-refractivity contribution in [3.63, 3.8) is 0 Å². The van der Waals surface area contributed by atoms with E-state index >= 15 is 0 Å². The van der Waals surface area contributed by atoms with Gasteiger partial charge in [-0.05, 0) is 43.2 Å². The highest BCUT2D eigenvalue weighted by Gasteiger charge is 2.19. The lowest BCUT2D eigenvalue weighted by molar-refractivity contribution is 0.482. The summed E-state index contributed by atoms with van der Waals surface area (Å²) in [5.74, 6) is 5.20. The standard InChI is InChI=1S/C16H14BrN5O3S/c17-10-5-7-11(8-6-10)19-20-14-9-15(26(23,24)25)12-3-1-2-4-13(12)16(14)21-22-18/h3-9H,1-2H2,(H2,18,21)(H,23,24,25). The van der Waals surface area contributed by atoms with Crippen molar-refractivity contribution in [3.8, 4) is 0 Å². The van der Waals surface area contributed by atoms with Crippen LogP contribution in [0.2, 0.25) is 0 Å². The minimum atomic E-state index is -4.45. The van der Waals surface area contributed by atoms with Crippen molar-refractivity contribution in [2.75, 3.05) is 0 Å². The van der Waals surface area contributed by atoms with Gasteiger partial charge in [-0.2, -0.15) is 13.5 Å². The van der Waals surface area contributed by atoms with Gasteiger partial charge in [0.05, 0.1) is 5.69 Å². The van der Waals surface area contributed by atoms with E-state index in [2.05, 4.69) is 36.5 Å². The molecule has 0 amide bonds. The lowest BCUT2D eigenvalue weighted by Crippen LogP contribution is -2.32. The highest BCUT2D eigenvalue weighted by Crippen LogP contribution is 2.28. The molecule has 134 valence electrons. The van der Waals surface area contributed by atoms with Crippen LogP contribution < -0.4 is 16.3 Å². The number of nitrogens with two attached hydrogens (primary N) is 1. The Hall–Kier alpha value is -2.43. The molecule has 0 atom stereocenters. The molecule has 0 aromatic heterocycles. The van der Waals surface area contributed by atoms with Crippen molar-refractivity contribution in [1.29, 1.82) is 0 Å². The van der Waals surface area contributed by atoms with E-state index < -0.39 is 10.1 Å². The Kier molecular flexibility index (Phi) is 5.25. The van der Waals surface area contributed by atoms with Gasteiger partial charge in [-0.1, -0.05) is 33.3 Å². The van der Waals surface area contributed by atoms with Crippen LogP contribution in [0.25, 0.3) is 12.2 Å². The number of rotatable bonds is 4. The largest absolute Gasteiger partial charge is 0.305 e. The molecule has 8 nitrogen and oxygen atoms in total. The number of fused-ring (bicyclic) bond motifs is 1. The number of benzene rings is 2. The molecule has 0 unspecified atom stereocenters. The highest BCUT2D eigenvalue weighted by atomic mass is 79.9. The molecule has 0 spiro atoms. The summed E-state index contributed by atoms with van der Waals surface area (Å²) in [6.07, 6.45) is 4.88. The van der Waals surface area contributed by atoms with E-state index in [1.54, 1.807) is 30.3 Å². The lowest BCUT2D eigenvalue weighted by Gasteiger charge is -2.09. The van der Waals surface area contributed by atoms with Crippen molar-refractivity contribution < 1.29 is 13.0 Å². The normalized spacial score (nSPS) is 14.2. The van der Waals surface area contributed by atoms with Crippen LogP contribution in [0.5, 0.6) is 0 Å². The van der Waals surface area contributed by atoms with Crippen molar-refractivity contribution in [1.82, 2.24) is 0 Å². The van der Waals surface area contributed by atoms with Crippen LogP contribution in [-0.4, -0.2) is 13.0 Å². The molecule has 0 aliphatic heterocycles. The van der Waals surface area contributed by atoms with E-state index in [0.29, 0.717) is 34.7 Å². The Morgan fingerprint density at radius 1 is 1.00 bits per heavy atom. The Labute approximate surface area is 157 Å². The molecule has 1 aliphatic carbocycles. The van der Waals surface area contributed by atoms with Crippen LogP contribution >= 0.6 is 15.9 Å². The molecule has 0 fully saturated rings. The van der Waals surface area contributed by atoms with Gasteiger partial charge in [-0.3, -0.25) is 4.55 Å². The lowest BCUT2D eigenvalue weighted by atomic mass is 10.1. The Balaban J connectivity index is 2.26. The van der Waals surface area contributed by atoms with Gasteiger partial charge in [0.15, 0.2) is 0 Å². The van der Waals surface area contributed by atoms with Gasteiger partial charge in [0.25, 0.3) is 10.1 Å². The van der Waals surface area contributed by atoms with E-state index in [1.807, 2.05) is 6.08 Å². The summed E-state index contributed by atoms with van der Waals surface area (Å²) in [5.41, 5.74) is 0.997. The molecule has 2 aromatic rings. The first-order valence-electron chi connectivity index (χ1n) is 7.53. The summed E-state index contributed by atoms with van der Waals surface area (Å²) < 4.78 is 34.1. The van der Waals surface area contributed by atoms with E-state index in [1.165, 1.54) is 6.07 Å². The van der Waals surface area contributed by atoms with Crippen molar-refractivity contribution in [2.45, 2.75) is 17.7 Å². The van der Waals surface area contributed by atoms with E-state index in [4.69, 9.17) is 5.84 Å². The smallest absolute Gasteiger partial charge is 0.295 e. The zero-order valence-corrected chi connectivity index (χ0v) is 15.8. The molecule has 10 heteroatoms. The van der Waals surface area contributed by atoms with Crippen LogP contribution in [0.4, 0.5) is 17.1 Å². The molecule has 3 N–H and O–H groups in total. The molecule has 0 bridgehead atoms. The number of halogens is 1. The maximum absolute atomic E-state index is 11.8. The summed E-state index contributed by atoms with van der Waals surface area (Å²) in [6.45, 7) is 0. The number of hydrogen-bond donors (Lipinski definition) is 2.